The van der Waals surface area contributed by atoms with Crippen LogP contribution in [-0.4, -0.2) is 376 Å². The molecule has 4 aliphatic carbocycles. The second-order valence-electron chi connectivity index (χ2n) is 28.0. The van der Waals surface area contributed by atoms with E-state index >= 15 is 0 Å². The summed E-state index contributed by atoms with van der Waals surface area (Å²) in [5.41, 5.74) is 0. The van der Waals surface area contributed by atoms with Gasteiger partial charge in [-0.2, -0.15) is 0 Å². The van der Waals surface area contributed by atoms with Crippen molar-refractivity contribution < 1.29 is 202 Å². The summed E-state index contributed by atoms with van der Waals surface area (Å²) in [4.78, 5) is 87.4. The van der Waals surface area contributed by atoms with Crippen LogP contribution in [0.2, 0.25) is 0 Å². The number of aliphatic hydroxyl groups is 20. The minimum absolute atomic E-state index is 0.000258. The summed E-state index contributed by atoms with van der Waals surface area (Å²) in [5, 5.41) is 224. The van der Waals surface area contributed by atoms with Gasteiger partial charge in [0.05, 0.1) is 61.4 Å². The molecule has 9 rings (SSSR count). The summed E-state index contributed by atoms with van der Waals surface area (Å²) < 4.78 is 74.3. The number of carboxylic acids is 3. The van der Waals surface area contributed by atoms with E-state index in [2.05, 4.69) is 4.74 Å². The Kier molecular flexibility index (Phi) is 29.4. The van der Waals surface area contributed by atoms with Crippen molar-refractivity contribution >= 4 is 41.8 Å². The molecule has 0 spiro atoms. The third kappa shape index (κ3) is 20.6. The molecule has 0 radical (unpaired) electrons. The van der Waals surface area contributed by atoms with Crippen LogP contribution in [0.25, 0.3) is 0 Å². The topological polar surface area (TPSA) is 668 Å². The van der Waals surface area contributed by atoms with E-state index in [0.29, 0.717) is 12.8 Å². The van der Waals surface area contributed by atoms with Crippen molar-refractivity contribution in [3.63, 3.8) is 0 Å². The molecule has 41 heteroatoms. The highest BCUT2D eigenvalue weighted by Crippen LogP contribution is 2.45. The highest BCUT2D eigenvalue weighted by molar-refractivity contribution is 5.93. The van der Waals surface area contributed by atoms with Crippen molar-refractivity contribution in [2.75, 3.05) is 19.8 Å². The zero-order valence-electron chi connectivity index (χ0n) is 56.1. The number of carboxylic acid groups (broad SMARTS) is 3. The minimum atomic E-state index is -2.80. The second kappa shape index (κ2) is 36.9. The third-order valence-corrected chi connectivity index (χ3v) is 20.7. The van der Waals surface area contributed by atoms with E-state index in [1.54, 1.807) is 0 Å². The van der Waals surface area contributed by atoms with Gasteiger partial charge in [-0.1, -0.05) is 12.2 Å². The first-order chi connectivity index (χ1) is 49.6. The Hall–Kier alpha value is -5.31. The Labute approximate surface area is 596 Å². The molecule has 5 aliphatic heterocycles. The van der Waals surface area contributed by atoms with E-state index in [0.717, 1.165) is 12.2 Å². The van der Waals surface area contributed by atoms with Crippen LogP contribution in [0.1, 0.15) is 83.5 Å². The fourth-order valence-electron chi connectivity index (χ4n) is 14.7. The number of aliphatic hydroxyl groups excluding tert-OH is 18. The average Bonchev–Trinajstić information content (AvgIpc) is 0.760. The first-order valence-electron chi connectivity index (χ1n) is 34.5. The molecule has 0 amide bonds. The van der Waals surface area contributed by atoms with E-state index in [1.165, 1.54) is 12.2 Å². The SMILES string of the molecule is O=C(C=CC1CCC(O)C(O)C1)OC[C@H]1O[C@@H](OC2CC(O)C3CC(O[C@@H]4O[C@H](COC(=O)CC(=O)O[C@H](C(=O)O)[C@@H](O)C(=O)O)[C@H](O)[C@H](O)[C@H]4O[C@@H]4O[C@H](CO)[C@@H](O)[C@H](O)[C@H]4OC(=O)C=CC4CCC(O)C(O)C4)C(C4CCC(O)C(O[C@@H]5O[C@H](C(=O)O)[C@@H](O)[C@H](O)[C@H]5O)C4)[OH+]C3C2)[C@H](O)[C@@H](O)[C@@H]1O. The number of aliphatic carboxylic acids is 3. The van der Waals surface area contributed by atoms with Crippen molar-refractivity contribution in [2.24, 2.45) is 23.7 Å². The van der Waals surface area contributed by atoms with Gasteiger partial charge in [-0.15, -0.1) is 0 Å². The normalized spacial score (nSPS) is 44.6. The van der Waals surface area contributed by atoms with Crippen LogP contribution in [0, 0.1) is 23.7 Å². The number of carbonyl (C=O) groups is 7. The molecule has 9 aliphatic rings. The van der Waals surface area contributed by atoms with Crippen LogP contribution in [-0.2, 0) is 90.4 Å². The Morgan fingerprint density at radius 3 is 1.59 bits per heavy atom. The largest absolute Gasteiger partial charge is 0.479 e. The number of allylic oxidation sites excluding steroid dienone is 2. The highest BCUT2D eigenvalue weighted by Gasteiger charge is 2.59. The fourth-order valence-corrected chi connectivity index (χ4v) is 14.7. The number of hydrogen-bond donors (Lipinski definition) is 21. The van der Waals surface area contributed by atoms with Gasteiger partial charge >= 0.3 is 41.8 Å². The molecule has 105 heavy (non-hydrogen) atoms. The molecule has 4 saturated carbocycles. The Morgan fingerprint density at radius 1 is 0.457 bits per heavy atom. The van der Waals surface area contributed by atoms with E-state index in [4.69, 9.17) is 61.9 Å². The van der Waals surface area contributed by atoms with Gasteiger partial charge in [-0.25, -0.2) is 24.0 Å². The fraction of sp³-hybridized carbons (Fsp3) is 0.828. The number of fused-ring (bicyclic) bond motifs is 1. The zero-order chi connectivity index (χ0) is 76.7. The summed E-state index contributed by atoms with van der Waals surface area (Å²) in [6.07, 6.45) is -56.2. The number of ether oxygens (including phenoxy) is 13. The molecule has 0 aromatic rings. The average molecular weight is 1520 g/mol. The molecule has 15 unspecified atom stereocenters. The quantitative estimate of drug-likeness (QED) is 0.0126. The molecule has 5 saturated heterocycles. The smallest absolute Gasteiger partial charge is 0.348 e. The van der Waals surface area contributed by atoms with Gasteiger partial charge in [0.25, 0.3) is 0 Å². The zero-order valence-corrected chi connectivity index (χ0v) is 56.1. The van der Waals surface area contributed by atoms with Crippen molar-refractivity contribution in [1.82, 2.24) is 0 Å². The van der Waals surface area contributed by atoms with Gasteiger partial charge in [-0.05, 0) is 76.0 Å². The van der Waals surface area contributed by atoms with Crippen LogP contribution in [0.4, 0.5) is 0 Å². The minimum Gasteiger partial charge on any atom is -0.479 e. The number of rotatable bonds is 26. The summed E-state index contributed by atoms with van der Waals surface area (Å²) in [7, 11) is 0. The molecule has 9 fully saturated rings. The second-order valence-corrected chi connectivity index (χ2v) is 28.0. The van der Waals surface area contributed by atoms with Gasteiger partial charge in [0.15, 0.2) is 55.7 Å². The lowest BCUT2D eigenvalue weighted by Gasteiger charge is -2.50. The molecule has 5 heterocycles. The van der Waals surface area contributed by atoms with Crippen molar-refractivity contribution in [2.45, 2.75) is 286 Å². The monoisotopic (exact) mass is 1520 g/mol. The van der Waals surface area contributed by atoms with E-state index < -0.39 is 288 Å². The molecular weight excluding hydrogens is 1420 g/mol. The summed E-state index contributed by atoms with van der Waals surface area (Å²) in [6, 6.07) is 0. The van der Waals surface area contributed by atoms with Gasteiger partial charge in [0, 0.05) is 30.9 Å². The lowest BCUT2D eigenvalue weighted by Crippen LogP contribution is -2.66. The highest BCUT2D eigenvalue weighted by atomic mass is 16.8. The molecule has 37 atom stereocenters. The first kappa shape index (κ1) is 83.7. The van der Waals surface area contributed by atoms with Gasteiger partial charge in [0.1, 0.15) is 111 Å². The van der Waals surface area contributed by atoms with E-state index in [-0.39, 0.29) is 70.1 Å². The Bertz CT molecular complexity index is 2980. The first-order valence-corrected chi connectivity index (χ1v) is 34.5. The molecule has 22 N–H and O–H groups in total. The van der Waals surface area contributed by atoms with Crippen LogP contribution in [0.5, 0.6) is 0 Å². The van der Waals surface area contributed by atoms with E-state index in [9.17, 15) is 136 Å². The van der Waals surface area contributed by atoms with Crippen molar-refractivity contribution in [1.29, 1.82) is 0 Å². The molecular formula is C64H95O41+. The lowest BCUT2D eigenvalue weighted by atomic mass is 9.72. The predicted molar refractivity (Wildman–Crippen MR) is 330 cm³/mol. The maximum atomic E-state index is 13.6. The van der Waals surface area contributed by atoms with Crippen LogP contribution in [0.3, 0.4) is 0 Å². The molecule has 596 valence electrons. The maximum absolute atomic E-state index is 13.6. The summed E-state index contributed by atoms with van der Waals surface area (Å²) in [5.74, 6) is -14.1. The van der Waals surface area contributed by atoms with Gasteiger partial charge < -0.3 is 169 Å². The summed E-state index contributed by atoms with van der Waals surface area (Å²) >= 11 is 0. The Morgan fingerprint density at radius 2 is 0.990 bits per heavy atom. The van der Waals surface area contributed by atoms with Crippen LogP contribution in [0.15, 0.2) is 24.3 Å². The van der Waals surface area contributed by atoms with Gasteiger partial charge in [0.2, 0.25) is 6.10 Å². The van der Waals surface area contributed by atoms with Crippen molar-refractivity contribution in [3.05, 3.63) is 24.3 Å². The molecule has 41 nitrogen and oxygen atoms in total. The molecule has 0 bridgehead atoms. The van der Waals surface area contributed by atoms with Crippen LogP contribution < -0.4 is 0 Å². The Balaban J connectivity index is 1.00. The van der Waals surface area contributed by atoms with Crippen LogP contribution >= 0.6 is 0 Å². The molecule has 0 aromatic heterocycles. The number of carbonyl (C=O) groups excluding carboxylic acids is 4. The molecule has 0 aromatic carbocycles. The summed E-state index contributed by atoms with van der Waals surface area (Å²) in [6.45, 7) is -2.88. The third-order valence-electron chi connectivity index (χ3n) is 20.7. The maximum Gasteiger partial charge on any atom is 0.348 e. The predicted octanol–water partition coefficient (Wildman–Crippen LogP) is -10.3. The number of hydrogen-bond acceptors (Lipinski definition) is 37. The number of esters is 4. The standard InChI is InChI=1S/C64H94O41/c65-18-35-42(76)47(81)56(102-39(73)10-4-22-2-7-27(67)31(71)12-22)64(99-35)105-57-48(82)44(78)37(20-94-40(74)17-41(75)103-55(60(91)92)52(86)58(87)88)101-63(57)98-34-16-25-29(69)14-24(95-61-50(84)45(79)43(77)36(100-61)19-93-38(72)9-3-21-1-6-26(66)30(70)11-21)15-32(25)96-53(34)23-5-8-28(68)33(13-23)97-62-51(85)46(80)49(83)54(104-62)59(89)90/h3-4,9-10,21-37,42-57,61-71,76-86H,1-2,5-8,11-20H2,(H,87,88)(H,89,90)(H,91,92)/p+1/t21?,22?,23?,24?,25?,26?,27?,28?,29?,30?,31?,32?,33?,34?,35-,36-,37-,42-,43-,44+,45+,46+,47+,48+,49+,50-,51-,52-,53?,54+,55+,56-,57-,61-,62-,63-,64+/m1/s1. The van der Waals surface area contributed by atoms with Gasteiger partial charge in [-0.3, -0.25) is 9.59 Å². The van der Waals surface area contributed by atoms with E-state index in [1.807, 2.05) is 0 Å². The van der Waals surface area contributed by atoms with Crippen molar-refractivity contribution in [3.8, 4) is 0 Å². The lowest BCUT2D eigenvalue weighted by molar-refractivity contribution is -0.388.